The van der Waals surface area contributed by atoms with Crippen LogP contribution in [0.4, 0.5) is 0 Å². The van der Waals surface area contributed by atoms with Crippen LogP contribution in [0.15, 0.2) is 12.2 Å². The summed E-state index contributed by atoms with van der Waals surface area (Å²) in [5.74, 6) is -0.609. The highest BCUT2D eigenvalue weighted by Gasteiger charge is 2.44. The second-order valence-corrected chi connectivity index (χ2v) is 22.4. The molecule has 0 aromatic rings. The summed E-state index contributed by atoms with van der Waals surface area (Å²) in [5.41, 5.74) is 0. The molecule has 0 bridgehead atoms. The zero-order valence-corrected chi connectivity index (χ0v) is 47.3. The molecule has 0 spiro atoms. The van der Waals surface area contributed by atoms with Crippen LogP contribution in [0.25, 0.3) is 0 Å². The molecule has 0 aliphatic carbocycles. The van der Waals surface area contributed by atoms with E-state index in [1.807, 2.05) is 6.08 Å². The van der Waals surface area contributed by atoms with Crippen molar-refractivity contribution in [2.24, 2.45) is 0 Å². The predicted octanol–water partition coefficient (Wildman–Crippen LogP) is 14.9. The van der Waals surface area contributed by atoms with Gasteiger partial charge in [-0.2, -0.15) is 0 Å². The van der Waals surface area contributed by atoms with Gasteiger partial charge in [0.05, 0.1) is 25.4 Å². The fourth-order valence-corrected chi connectivity index (χ4v) is 10.4. The van der Waals surface area contributed by atoms with Gasteiger partial charge in [-0.05, 0) is 19.3 Å². The van der Waals surface area contributed by atoms with Gasteiger partial charge in [-0.3, -0.25) is 4.79 Å². The van der Waals surface area contributed by atoms with Gasteiger partial charge in [0.25, 0.3) is 0 Å². The zero-order valence-electron chi connectivity index (χ0n) is 47.3. The molecule has 0 aromatic heterocycles. The highest BCUT2D eigenvalue weighted by atomic mass is 16.7. The first-order valence-electron chi connectivity index (χ1n) is 31.5. The molecule has 8 atom stereocenters. The number of carbonyl (C=O) groups is 1. The normalized spacial score (nSPS) is 19.6. The average Bonchev–Trinajstić information content (AvgIpc) is 3.38. The summed E-state index contributed by atoms with van der Waals surface area (Å²) in [6, 6.07) is -0.976. The van der Waals surface area contributed by atoms with E-state index in [0.717, 1.165) is 44.9 Å². The van der Waals surface area contributed by atoms with E-state index < -0.39 is 61.5 Å². The number of carbonyl (C=O) groups excluding carboxylic acids is 1. The predicted molar refractivity (Wildman–Crippen MR) is 301 cm³/mol. The van der Waals surface area contributed by atoms with E-state index in [1.165, 1.54) is 250 Å². The molecule has 8 unspecified atom stereocenters. The Morgan fingerprint density at radius 3 is 1.12 bits per heavy atom. The van der Waals surface area contributed by atoms with Crippen molar-refractivity contribution in [1.82, 2.24) is 5.32 Å². The third-order valence-electron chi connectivity index (χ3n) is 15.5. The maximum atomic E-state index is 13.1. The molecule has 0 radical (unpaired) electrons. The van der Waals surface area contributed by atoms with Crippen molar-refractivity contribution in [2.75, 3.05) is 13.2 Å². The van der Waals surface area contributed by atoms with Crippen molar-refractivity contribution in [3.05, 3.63) is 12.2 Å². The van der Waals surface area contributed by atoms with Crippen molar-refractivity contribution < 1.29 is 44.9 Å². The Hall–Kier alpha value is -1.11. The SMILES string of the molecule is CCCCCCCCCCCCCCC/C=C/C(O)C(COC1OC(CO)C(O)C(O)C1O)NC(=O)C(O)CCCCCCCCCCCCCCCCCCCCCCCCCCCCCCCCCC. The highest BCUT2D eigenvalue weighted by Crippen LogP contribution is 2.23. The number of unbranched alkanes of at least 4 members (excludes halogenated alkanes) is 44. The summed E-state index contributed by atoms with van der Waals surface area (Å²) in [4.78, 5) is 13.1. The molecule has 1 aliphatic rings. The molecule has 1 saturated heterocycles. The first-order chi connectivity index (χ1) is 35.3. The van der Waals surface area contributed by atoms with E-state index in [4.69, 9.17) is 9.47 Å². The van der Waals surface area contributed by atoms with Gasteiger partial charge in [-0.15, -0.1) is 0 Å². The van der Waals surface area contributed by atoms with Crippen LogP contribution in [0.5, 0.6) is 0 Å². The van der Waals surface area contributed by atoms with E-state index in [1.54, 1.807) is 6.08 Å². The standard InChI is InChI=1S/C62H121NO9/c1-3-5-7-9-11-13-15-17-19-20-21-22-23-24-25-26-27-28-29-30-31-32-33-34-35-37-39-41-43-45-47-49-51-56(66)61(70)63-54(53-71-62-60(69)59(68)58(67)57(52-64)72-62)55(65)50-48-46-44-42-40-38-36-18-16-14-12-10-8-6-4-2/h48,50,54-60,62,64-69H,3-47,49,51-53H2,1-2H3,(H,63,70)/b50-48+. The van der Waals surface area contributed by atoms with Crippen LogP contribution in [0.1, 0.15) is 316 Å². The van der Waals surface area contributed by atoms with Gasteiger partial charge >= 0.3 is 0 Å². The molecule has 72 heavy (non-hydrogen) atoms. The average molecular weight is 1020 g/mol. The molecule has 1 rings (SSSR count). The zero-order chi connectivity index (χ0) is 52.4. The maximum Gasteiger partial charge on any atom is 0.249 e. The second kappa shape index (κ2) is 52.0. The van der Waals surface area contributed by atoms with Gasteiger partial charge in [-0.25, -0.2) is 0 Å². The number of nitrogens with one attached hydrogen (secondary N) is 1. The second-order valence-electron chi connectivity index (χ2n) is 22.4. The molecule has 1 aliphatic heterocycles. The maximum absolute atomic E-state index is 13.1. The molecule has 10 nitrogen and oxygen atoms in total. The van der Waals surface area contributed by atoms with Gasteiger partial charge < -0.3 is 45.4 Å². The molecule has 428 valence electrons. The van der Waals surface area contributed by atoms with Gasteiger partial charge in [0.1, 0.15) is 30.5 Å². The van der Waals surface area contributed by atoms with Crippen LogP contribution in [0.2, 0.25) is 0 Å². The van der Waals surface area contributed by atoms with Crippen molar-refractivity contribution in [1.29, 1.82) is 0 Å². The summed E-state index contributed by atoms with van der Waals surface area (Å²) in [6.45, 7) is 3.66. The van der Waals surface area contributed by atoms with Gasteiger partial charge in [-0.1, -0.05) is 309 Å². The number of allylic oxidation sites excluding steroid dienone is 1. The van der Waals surface area contributed by atoms with E-state index in [-0.39, 0.29) is 6.61 Å². The van der Waals surface area contributed by atoms with Gasteiger partial charge in [0, 0.05) is 0 Å². The number of hydrogen-bond donors (Lipinski definition) is 7. The molecule has 0 saturated carbocycles. The lowest BCUT2D eigenvalue weighted by atomic mass is 9.99. The summed E-state index contributed by atoms with van der Waals surface area (Å²) in [6.07, 6.45) is 54.8. The smallest absolute Gasteiger partial charge is 0.249 e. The van der Waals surface area contributed by atoms with Crippen LogP contribution < -0.4 is 5.32 Å². The Balaban J connectivity index is 2.13. The fraction of sp³-hybridized carbons (Fsp3) is 0.952. The van der Waals surface area contributed by atoms with Crippen LogP contribution in [0, 0.1) is 0 Å². The number of ether oxygens (including phenoxy) is 2. The van der Waals surface area contributed by atoms with Gasteiger partial charge in [0.15, 0.2) is 6.29 Å². The molecule has 7 N–H and O–H groups in total. The number of aliphatic hydroxyl groups excluding tert-OH is 6. The van der Waals surface area contributed by atoms with E-state index in [9.17, 15) is 35.4 Å². The number of hydrogen-bond acceptors (Lipinski definition) is 9. The lowest BCUT2D eigenvalue weighted by Gasteiger charge is -2.40. The Labute approximate surface area is 444 Å². The van der Waals surface area contributed by atoms with E-state index in [0.29, 0.717) is 6.42 Å². The minimum atomic E-state index is -1.61. The Bertz CT molecular complexity index is 1160. The van der Waals surface area contributed by atoms with Crippen molar-refractivity contribution in [2.45, 2.75) is 365 Å². The third kappa shape index (κ3) is 40.2. The fourth-order valence-electron chi connectivity index (χ4n) is 10.4. The summed E-state index contributed by atoms with van der Waals surface area (Å²) < 4.78 is 11.2. The highest BCUT2D eigenvalue weighted by molar-refractivity contribution is 5.80. The first kappa shape index (κ1) is 68.9. The quantitative estimate of drug-likeness (QED) is 0.0232. The minimum absolute atomic E-state index is 0.301. The topological polar surface area (TPSA) is 169 Å². The van der Waals surface area contributed by atoms with E-state index in [2.05, 4.69) is 19.2 Å². The summed E-state index contributed by atoms with van der Waals surface area (Å²) in [5, 5.41) is 65.1. The number of rotatable bonds is 55. The Morgan fingerprint density at radius 2 is 0.792 bits per heavy atom. The lowest BCUT2D eigenvalue weighted by Crippen LogP contribution is -2.60. The lowest BCUT2D eigenvalue weighted by molar-refractivity contribution is -0.302. The first-order valence-corrected chi connectivity index (χ1v) is 31.5. The molecule has 0 aromatic carbocycles. The van der Waals surface area contributed by atoms with Crippen molar-refractivity contribution in [3.8, 4) is 0 Å². The van der Waals surface area contributed by atoms with Gasteiger partial charge in [0.2, 0.25) is 5.91 Å². The van der Waals surface area contributed by atoms with Crippen molar-refractivity contribution >= 4 is 5.91 Å². The number of aliphatic hydroxyl groups is 6. The van der Waals surface area contributed by atoms with Crippen LogP contribution in [-0.4, -0.2) is 98.7 Å². The number of amides is 1. The summed E-state index contributed by atoms with van der Waals surface area (Å²) >= 11 is 0. The molecular weight excluding hydrogens is 903 g/mol. The van der Waals surface area contributed by atoms with E-state index >= 15 is 0 Å². The molecule has 10 heteroatoms. The van der Waals surface area contributed by atoms with Crippen LogP contribution in [-0.2, 0) is 14.3 Å². The Kier molecular flexibility index (Phi) is 49.7. The van der Waals surface area contributed by atoms with Crippen LogP contribution >= 0.6 is 0 Å². The monoisotopic (exact) mass is 1020 g/mol. The Morgan fingerprint density at radius 1 is 0.472 bits per heavy atom. The molecule has 1 fully saturated rings. The van der Waals surface area contributed by atoms with Crippen LogP contribution in [0.3, 0.4) is 0 Å². The largest absolute Gasteiger partial charge is 0.394 e. The molecule has 1 amide bonds. The third-order valence-corrected chi connectivity index (χ3v) is 15.5. The molecular formula is C62H121NO9. The minimum Gasteiger partial charge on any atom is -0.394 e. The summed E-state index contributed by atoms with van der Waals surface area (Å²) in [7, 11) is 0. The molecule has 1 heterocycles. The van der Waals surface area contributed by atoms with Crippen molar-refractivity contribution in [3.63, 3.8) is 0 Å².